The molecule has 0 saturated carbocycles. The third kappa shape index (κ3) is 2.34. The number of pyridine rings is 1. The maximum atomic E-state index is 12.2. The second kappa shape index (κ2) is 5.22. The largest absolute Gasteiger partial charge is 0.353 e. The third-order valence-electron chi connectivity index (χ3n) is 3.09. The maximum Gasteiger partial charge on any atom is 0.259 e. The van der Waals surface area contributed by atoms with Crippen molar-refractivity contribution in [3.63, 3.8) is 0 Å². The number of thiophene rings is 1. The van der Waals surface area contributed by atoms with Gasteiger partial charge in [0.1, 0.15) is 0 Å². The molecular weight excluding hydrogens is 250 g/mol. The number of fused-ring (bicyclic) bond motifs is 1. The van der Waals surface area contributed by atoms with Gasteiger partial charge in [-0.05, 0) is 23.9 Å². The number of nitrogens with zero attached hydrogens (tertiary/aromatic N) is 1. The molecule has 0 N–H and O–H groups in total. The highest BCUT2D eigenvalue weighted by atomic mass is 32.1. The molecule has 2 aromatic rings. The lowest BCUT2D eigenvalue weighted by Gasteiger charge is -2.23. The van der Waals surface area contributed by atoms with Gasteiger partial charge in [-0.2, -0.15) is 0 Å². The number of rotatable bonds is 3. The van der Waals surface area contributed by atoms with E-state index in [1.165, 1.54) is 0 Å². The molecule has 0 bridgehead atoms. The van der Waals surface area contributed by atoms with Gasteiger partial charge in [-0.3, -0.25) is 4.79 Å². The summed E-state index contributed by atoms with van der Waals surface area (Å²) >= 11 is 1.59. The van der Waals surface area contributed by atoms with E-state index in [-0.39, 0.29) is 11.8 Å². The van der Waals surface area contributed by atoms with E-state index in [1.807, 2.05) is 23.7 Å². The Morgan fingerprint density at radius 3 is 3.00 bits per heavy atom. The van der Waals surface area contributed by atoms with Crippen LogP contribution in [0.5, 0.6) is 0 Å². The minimum Gasteiger partial charge on any atom is -0.353 e. The van der Waals surface area contributed by atoms with Gasteiger partial charge in [-0.1, -0.05) is 0 Å². The fourth-order valence-electron chi connectivity index (χ4n) is 2.13. The predicted octanol–water partition coefficient (Wildman–Crippen LogP) is 2.22. The summed E-state index contributed by atoms with van der Waals surface area (Å²) in [5.74, 6) is 0. The molecule has 0 aromatic carbocycles. The molecule has 2 aromatic heterocycles. The van der Waals surface area contributed by atoms with E-state index < -0.39 is 0 Å². The molecule has 96 valence electrons. The summed E-state index contributed by atoms with van der Waals surface area (Å²) in [7, 11) is 0. The Balaban J connectivity index is 1.74. The van der Waals surface area contributed by atoms with Crippen molar-refractivity contribution in [3.05, 3.63) is 34.1 Å². The lowest BCUT2D eigenvalue weighted by molar-refractivity contribution is -0.182. The topological polar surface area (TPSA) is 40.5 Å². The van der Waals surface area contributed by atoms with E-state index in [1.54, 1.807) is 15.9 Å². The molecule has 1 fully saturated rings. The van der Waals surface area contributed by atoms with Crippen molar-refractivity contribution in [2.24, 2.45) is 0 Å². The molecule has 0 atom stereocenters. The van der Waals surface area contributed by atoms with Crippen LogP contribution in [0.1, 0.15) is 12.8 Å². The number of aromatic nitrogens is 1. The summed E-state index contributed by atoms with van der Waals surface area (Å²) in [6.07, 6.45) is 3.36. The second-order valence-corrected chi connectivity index (χ2v) is 5.27. The van der Waals surface area contributed by atoms with Crippen molar-refractivity contribution in [1.82, 2.24) is 4.57 Å². The first-order valence-corrected chi connectivity index (χ1v) is 7.02. The average Bonchev–Trinajstić information content (AvgIpc) is 2.88. The van der Waals surface area contributed by atoms with Crippen LogP contribution in [0, 0.1) is 0 Å². The van der Waals surface area contributed by atoms with Gasteiger partial charge >= 0.3 is 0 Å². The monoisotopic (exact) mass is 265 g/mol. The molecule has 0 amide bonds. The van der Waals surface area contributed by atoms with Crippen LogP contribution < -0.4 is 5.56 Å². The normalized spacial score (nSPS) is 17.3. The van der Waals surface area contributed by atoms with Gasteiger partial charge in [0.25, 0.3) is 5.56 Å². The number of hydrogen-bond donors (Lipinski definition) is 0. The van der Waals surface area contributed by atoms with Crippen molar-refractivity contribution in [2.75, 3.05) is 13.2 Å². The van der Waals surface area contributed by atoms with Crippen molar-refractivity contribution < 1.29 is 9.47 Å². The van der Waals surface area contributed by atoms with E-state index in [2.05, 4.69) is 0 Å². The quantitative estimate of drug-likeness (QED) is 0.854. The Hall–Kier alpha value is -1.17. The zero-order valence-electron chi connectivity index (χ0n) is 10.0. The van der Waals surface area contributed by atoms with E-state index in [0.717, 1.165) is 36.1 Å². The van der Waals surface area contributed by atoms with Crippen LogP contribution in [0.3, 0.4) is 0 Å². The number of aryl methyl sites for hydroxylation is 1. The van der Waals surface area contributed by atoms with E-state index in [0.29, 0.717) is 6.54 Å². The molecule has 3 heterocycles. The minimum absolute atomic E-state index is 0.0737. The van der Waals surface area contributed by atoms with Crippen molar-refractivity contribution >= 4 is 21.4 Å². The van der Waals surface area contributed by atoms with Gasteiger partial charge in [-0.25, -0.2) is 0 Å². The highest BCUT2D eigenvalue weighted by Gasteiger charge is 2.14. The van der Waals surface area contributed by atoms with Crippen LogP contribution >= 0.6 is 11.3 Å². The van der Waals surface area contributed by atoms with Crippen LogP contribution in [0.4, 0.5) is 0 Å². The van der Waals surface area contributed by atoms with Crippen LogP contribution in [0.2, 0.25) is 0 Å². The first-order chi connectivity index (χ1) is 8.84. The summed E-state index contributed by atoms with van der Waals surface area (Å²) < 4.78 is 13.7. The van der Waals surface area contributed by atoms with Crippen molar-refractivity contribution in [1.29, 1.82) is 0 Å². The molecule has 18 heavy (non-hydrogen) atoms. The predicted molar refractivity (Wildman–Crippen MR) is 71.0 cm³/mol. The summed E-state index contributed by atoms with van der Waals surface area (Å²) in [5.41, 5.74) is 0.0737. The third-order valence-corrected chi connectivity index (χ3v) is 3.98. The van der Waals surface area contributed by atoms with Crippen LogP contribution in [-0.2, 0) is 16.0 Å². The molecule has 0 radical (unpaired) electrons. The lowest BCUT2D eigenvalue weighted by atomic mass is 10.3. The molecular formula is C13H15NO3S. The van der Waals surface area contributed by atoms with Crippen molar-refractivity contribution in [3.8, 4) is 0 Å². The zero-order chi connectivity index (χ0) is 12.4. The Kier molecular flexibility index (Phi) is 3.45. The highest BCUT2D eigenvalue weighted by molar-refractivity contribution is 7.17. The minimum atomic E-state index is -0.163. The smallest absolute Gasteiger partial charge is 0.259 e. The lowest BCUT2D eigenvalue weighted by Crippen LogP contribution is -2.28. The van der Waals surface area contributed by atoms with Gasteiger partial charge in [0, 0.05) is 23.9 Å². The fraction of sp³-hybridized carbons (Fsp3) is 0.462. The number of hydrogen-bond acceptors (Lipinski definition) is 4. The SMILES string of the molecule is O=c1c2ccsc2ccn1CCC1OCCCO1. The Morgan fingerprint density at radius 2 is 2.17 bits per heavy atom. The van der Waals surface area contributed by atoms with Crippen molar-refractivity contribution in [2.45, 2.75) is 25.7 Å². The summed E-state index contributed by atoms with van der Waals surface area (Å²) in [5, 5.41) is 2.75. The maximum absolute atomic E-state index is 12.2. The van der Waals surface area contributed by atoms with Gasteiger partial charge in [0.05, 0.1) is 18.6 Å². The Labute approximate surface area is 109 Å². The molecule has 3 rings (SSSR count). The second-order valence-electron chi connectivity index (χ2n) is 4.33. The molecule has 5 heteroatoms. The standard InChI is InChI=1S/C13H15NO3S/c15-13-10-4-9-18-11(10)2-5-14(13)6-3-12-16-7-1-8-17-12/h2,4-5,9,12H,1,3,6-8H2. The molecule has 0 unspecified atom stereocenters. The van der Waals surface area contributed by atoms with Gasteiger partial charge in [0.15, 0.2) is 6.29 Å². The molecule has 0 spiro atoms. The summed E-state index contributed by atoms with van der Waals surface area (Å²) in [6, 6.07) is 3.87. The van der Waals surface area contributed by atoms with Crippen LogP contribution in [0.25, 0.3) is 10.1 Å². The average molecular weight is 265 g/mol. The zero-order valence-corrected chi connectivity index (χ0v) is 10.8. The van der Waals surface area contributed by atoms with Gasteiger partial charge in [-0.15, -0.1) is 11.3 Å². The molecule has 1 aliphatic rings. The van der Waals surface area contributed by atoms with Gasteiger partial charge < -0.3 is 14.0 Å². The summed E-state index contributed by atoms with van der Waals surface area (Å²) in [4.78, 5) is 12.2. The highest BCUT2D eigenvalue weighted by Crippen LogP contribution is 2.16. The molecule has 1 aliphatic heterocycles. The van der Waals surface area contributed by atoms with Crippen LogP contribution in [-0.4, -0.2) is 24.1 Å². The van der Waals surface area contributed by atoms with Crippen LogP contribution in [0.15, 0.2) is 28.5 Å². The van der Waals surface area contributed by atoms with E-state index >= 15 is 0 Å². The molecule has 0 aliphatic carbocycles. The number of ether oxygens (including phenoxy) is 2. The van der Waals surface area contributed by atoms with E-state index in [4.69, 9.17) is 9.47 Å². The first kappa shape index (κ1) is 11.9. The first-order valence-electron chi connectivity index (χ1n) is 6.14. The Bertz CT molecular complexity index is 583. The van der Waals surface area contributed by atoms with E-state index in [9.17, 15) is 4.79 Å². The summed E-state index contributed by atoms with van der Waals surface area (Å²) in [6.45, 7) is 2.14. The Morgan fingerprint density at radius 1 is 1.33 bits per heavy atom. The van der Waals surface area contributed by atoms with Gasteiger partial charge in [0.2, 0.25) is 0 Å². The molecule has 1 saturated heterocycles. The molecule has 4 nitrogen and oxygen atoms in total. The fourth-order valence-corrected chi connectivity index (χ4v) is 2.90.